The van der Waals surface area contributed by atoms with Crippen LogP contribution in [0.2, 0.25) is 0 Å². The van der Waals surface area contributed by atoms with Gasteiger partial charge in [-0.15, -0.1) is 0 Å². The van der Waals surface area contributed by atoms with E-state index >= 15 is 0 Å². The summed E-state index contributed by atoms with van der Waals surface area (Å²) in [7, 11) is 0. The zero-order chi connectivity index (χ0) is 11.7. The molecule has 17 heavy (non-hydrogen) atoms. The second-order valence-corrected chi connectivity index (χ2v) is 4.32. The van der Waals surface area contributed by atoms with E-state index < -0.39 is 0 Å². The highest BCUT2D eigenvalue weighted by Crippen LogP contribution is 2.37. The Balaban J connectivity index is 1.73. The Morgan fingerprint density at radius 2 is 2.18 bits per heavy atom. The predicted octanol–water partition coefficient (Wildman–Crippen LogP) is 2.39. The second kappa shape index (κ2) is 4.09. The Kier molecular flexibility index (Phi) is 2.44. The number of aromatic nitrogens is 2. The standard InChI is InChI=1S/C14H12N2O/c17-14(13-5-6-15-9-16-13)8-11-7-10-3-1-2-4-12(10)11/h1-6,9,11H,7-8H2. The topological polar surface area (TPSA) is 42.9 Å². The lowest BCUT2D eigenvalue weighted by molar-refractivity contribution is 0.0965. The Morgan fingerprint density at radius 3 is 2.94 bits per heavy atom. The molecule has 0 aliphatic heterocycles. The molecule has 3 heteroatoms. The molecule has 1 heterocycles. The lowest BCUT2D eigenvalue weighted by Gasteiger charge is -2.29. The van der Waals surface area contributed by atoms with Crippen LogP contribution in [0, 0.1) is 0 Å². The first-order valence-corrected chi connectivity index (χ1v) is 5.71. The van der Waals surface area contributed by atoms with Crippen LogP contribution < -0.4 is 0 Å². The minimum atomic E-state index is 0.104. The van der Waals surface area contributed by atoms with Crippen molar-refractivity contribution in [2.75, 3.05) is 0 Å². The predicted molar refractivity (Wildman–Crippen MR) is 63.9 cm³/mol. The molecule has 1 aliphatic rings. The van der Waals surface area contributed by atoms with Gasteiger partial charge in [0.15, 0.2) is 5.78 Å². The van der Waals surface area contributed by atoms with Gasteiger partial charge in [0.2, 0.25) is 0 Å². The average Bonchev–Trinajstić information content (AvgIpc) is 2.37. The molecule has 0 spiro atoms. The molecule has 0 amide bonds. The third-order valence-electron chi connectivity index (χ3n) is 3.26. The Morgan fingerprint density at radius 1 is 1.29 bits per heavy atom. The van der Waals surface area contributed by atoms with Crippen LogP contribution >= 0.6 is 0 Å². The van der Waals surface area contributed by atoms with E-state index in [1.54, 1.807) is 12.3 Å². The van der Waals surface area contributed by atoms with Crippen LogP contribution in [0.4, 0.5) is 0 Å². The largest absolute Gasteiger partial charge is 0.292 e. The van der Waals surface area contributed by atoms with E-state index in [-0.39, 0.29) is 5.78 Å². The van der Waals surface area contributed by atoms with Crippen molar-refractivity contribution in [2.24, 2.45) is 0 Å². The van der Waals surface area contributed by atoms with Crippen LogP contribution in [0.25, 0.3) is 0 Å². The summed E-state index contributed by atoms with van der Waals surface area (Å²) in [5.74, 6) is 0.473. The summed E-state index contributed by atoms with van der Waals surface area (Å²) >= 11 is 0. The lowest BCUT2D eigenvalue weighted by atomic mass is 9.75. The first-order valence-electron chi connectivity index (χ1n) is 5.71. The number of fused-ring (bicyclic) bond motifs is 1. The molecule has 1 aliphatic carbocycles. The molecule has 0 N–H and O–H groups in total. The van der Waals surface area contributed by atoms with Gasteiger partial charge in [-0.05, 0) is 29.5 Å². The van der Waals surface area contributed by atoms with Crippen LogP contribution in [0.1, 0.15) is 34.0 Å². The zero-order valence-corrected chi connectivity index (χ0v) is 9.34. The number of nitrogens with zero attached hydrogens (tertiary/aromatic N) is 2. The number of hydrogen-bond acceptors (Lipinski definition) is 3. The minimum Gasteiger partial charge on any atom is -0.292 e. The lowest BCUT2D eigenvalue weighted by Crippen LogP contribution is -2.20. The van der Waals surface area contributed by atoms with Crippen LogP contribution in [-0.4, -0.2) is 15.8 Å². The Bertz CT molecular complexity index is 551. The summed E-state index contributed by atoms with van der Waals surface area (Å²) in [6, 6.07) is 9.98. The number of hydrogen-bond donors (Lipinski definition) is 0. The van der Waals surface area contributed by atoms with Crippen LogP contribution in [0.3, 0.4) is 0 Å². The number of benzene rings is 1. The van der Waals surface area contributed by atoms with Crippen molar-refractivity contribution in [3.05, 3.63) is 59.7 Å². The van der Waals surface area contributed by atoms with E-state index in [0.717, 1.165) is 6.42 Å². The van der Waals surface area contributed by atoms with Gasteiger partial charge in [-0.1, -0.05) is 24.3 Å². The Labute approximate surface area is 99.5 Å². The summed E-state index contributed by atoms with van der Waals surface area (Å²) in [6.07, 6.45) is 4.58. The summed E-state index contributed by atoms with van der Waals surface area (Å²) in [6.45, 7) is 0. The smallest absolute Gasteiger partial charge is 0.181 e. The van der Waals surface area contributed by atoms with E-state index in [1.807, 2.05) is 12.1 Å². The molecule has 0 saturated heterocycles. The summed E-state index contributed by atoms with van der Waals surface area (Å²) in [5.41, 5.74) is 3.20. The number of ketones is 1. The molecule has 3 rings (SSSR count). The van der Waals surface area contributed by atoms with Gasteiger partial charge in [0.25, 0.3) is 0 Å². The van der Waals surface area contributed by atoms with Gasteiger partial charge in [-0.3, -0.25) is 4.79 Å². The number of carbonyl (C=O) groups is 1. The van der Waals surface area contributed by atoms with E-state index in [2.05, 4.69) is 22.1 Å². The van der Waals surface area contributed by atoms with Crippen molar-refractivity contribution in [2.45, 2.75) is 18.8 Å². The van der Waals surface area contributed by atoms with E-state index in [9.17, 15) is 4.79 Å². The molecule has 1 unspecified atom stereocenters. The minimum absolute atomic E-state index is 0.104. The molecule has 0 radical (unpaired) electrons. The van der Waals surface area contributed by atoms with Gasteiger partial charge in [-0.2, -0.15) is 0 Å². The summed E-state index contributed by atoms with van der Waals surface area (Å²) in [5, 5.41) is 0. The van der Waals surface area contributed by atoms with E-state index in [0.29, 0.717) is 18.0 Å². The van der Waals surface area contributed by atoms with Crippen LogP contribution in [0.5, 0.6) is 0 Å². The van der Waals surface area contributed by atoms with Gasteiger partial charge < -0.3 is 0 Å². The normalized spacial score (nSPS) is 17.1. The number of carbonyl (C=O) groups excluding carboxylic acids is 1. The molecular weight excluding hydrogens is 212 g/mol. The van der Waals surface area contributed by atoms with Crippen molar-refractivity contribution < 1.29 is 4.79 Å². The van der Waals surface area contributed by atoms with Crippen molar-refractivity contribution in [3.63, 3.8) is 0 Å². The fourth-order valence-corrected chi connectivity index (χ4v) is 2.33. The van der Waals surface area contributed by atoms with Crippen molar-refractivity contribution in [3.8, 4) is 0 Å². The van der Waals surface area contributed by atoms with Gasteiger partial charge in [0.1, 0.15) is 12.0 Å². The third-order valence-corrected chi connectivity index (χ3v) is 3.26. The molecule has 2 aromatic rings. The van der Waals surface area contributed by atoms with Gasteiger partial charge in [-0.25, -0.2) is 9.97 Å². The molecule has 1 aromatic heterocycles. The molecular formula is C14H12N2O. The quantitative estimate of drug-likeness (QED) is 0.752. The van der Waals surface area contributed by atoms with Gasteiger partial charge in [0.05, 0.1) is 0 Å². The van der Waals surface area contributed by atoms with Gasteiger partial charge in [0, 0.05) is 12.6 Å². The maximum atomic E-state index is 12.0. The van der Waals surface area contributed by atoms with E-state index in [4.69, 9.17) is 0 Å². The zero-order valence-electron chi connectivity index (χ0n) is 9.34. The number of Topliss-reactive ketones (excluding diaryl/α,β-unsaturated/α-hetero) is 1. The van der Waals surface area contributed by atoms with Crippen molar-refractivity contribution in [1.29, 1.82) is 0 Å². The highest BCUT2D eigenvalue weighted by atomic mass is 16.1. The third kappa shape index (κ3) is 1.84. The SMILES string of the molecule is O=C(CC1Cc2ccccc21)c1ccncn1. The summed E-state index contributed by atoms with van der Waals surface area (Å²) < 4.78 is 0. The first kappa shape index (κ1) is 10.1. The highest BCUT2D eigenvalue weighted by molar-refractivity contribution is 5.94. The average molecular weight is 224 g/mol. The molecule has 0 bridgehead atoms. The molecule has 84 valence electrons. The fraction of sp³-hybridized carbons (Fsp3) is 0.214. The first-order chi connectivity index (χ1) is 8.34. The highest BCUT2D eigenvalue weighted by Gasteiger charge is 2.27. The Hall–Kier alpha value is -2.03. The van der Waals surface area contributed by atoms with Gasteiger partial charge >= 0.3 is 0 Å². The van der Waals surface area contributed by atoms with Crippen LogP contribution in [-0.2, 0) is 6.42 Å². The van der Waals surface area contributed by atoms with Crippen molar-refractivity contribution in [1.82, 2.24) is 9.97 Å². The molecule has 0 fully saturated rings. The maximum Gasteiger partial charge on any atom is 0.181 e. The summed E-state index contributed by atoms with van der Waals surface area (Å²) in [4.78, 5) is 19.8. The molecule has 0 saturated carbocycles. The van der Waals surface area contributed by atoms with Crippen LogP contribution in [0.15, 0.2) is 42.9 Å². The molecule has 3 nitrogen and oxygen atoms in total. The fourth-order valence-electron chi connectivity index (χ4n) is 2.33. The maximum absolute atomic E-state index is 12.0. The van der Waals surface area contributed by atoms with E-state index in [1.165, 1.54) is 17.5 Å². The molecule has 1 aromatic carbocycles. The molecule has 1 atom stereocenters. The monoisotopic (exact) mass is 224 g/mol. The second-order valence-electron chi connectivity index (χ2n) is 4.32. The number of rotatable bonds is 3. The van der Waals surface area contributed by atoms with Crippen molar-refractivity contribution >= 4 is 5.78 Å².